The highest BCUT2D eigenvalue weighted by Crippen LogP contribution is 2.33. The van der Waals surface area contributed by atoms with Gasteiger partial charge in [-0.25, -0.2) is 9.97 Å². The second-order valence-electron chi connectivity index (χ2n) is 5.96. The van der Waals surface area contributed by atoms with Gasteiger partial charge in [-0.1, -0.05) is 48.2 Å². The van der Waals surface area contributed by atoms with Crippen molar-refractivity contribution in [2.75, 3.05) is 0 Å². The number of aliphatic hydroxyl groups is 1. The summed E-state index contributed by atoms with van der Waals surface area (Å²) in [5.74, 6) is 0.0246. The van der Waals surface area contributed by atoms with E-state index >= 15 is 0 Å². The van der Waals surface area contributed by atoms with Crippen molar-refractivity contribution < 1.29 is 5.11 Å². The fourth-order valence-corrected chi connectivity index (χ4v) is 4.61. The van der Waals surface area contributed by atoms with Crippen LogP contribution >= 0.6 is 23.1 Å². The Bertz CT molecular complexity index is 1170. The zero-order chi connectivity index (χ0) is 18.8. The van der Waals surface area contributed by atoms with Gasteiger partial charge in [-0.3, -0.25) is 0 Å². The number of pyridine rings is 1. The van der Waals surface area contributed by atoms with Crippen LogP contribution in [0.25, 0.3) is 26.7 Å². The monoisotopic (exact) mass is 389 g/mol. The van der Waals surface area contributed by atoms with Crippen molar-refractivity contribution in [3.8, 4) is 6.07 Å². The Balaban J connectivity index is 1.65. The number of para-hydroxylation sites is 2. The highest BCUT2D eigenvalue weighted by molar-refractivity contribution is 8.00. The molecule has 132 valence electrons. The zero-order valence-electron chi connectivity index (χ0n) is 14.5. The van der Waals surface area contributed by atoms with Crippen LogP contribution in [0.3, 0.4) is 0 Å². The van der Waals surface area contributed by atoms with Gasteiger partial charge in [0.05, 0.1) is 26.0 Å². The van der Waals surface area contributed by atoms with Crippen molar-refractivity contribution in [1.29, 1.82) is 5.26 Å². The predicted molar refractivity (Wildman–Crippen MR) is 112 cm³/mol. The lowest BCUT2D eigenvalue weighted by atomic mass is 10.2. The normalized spacial score (nSPS) is 13.3. The molecular weight excluding hydrogens is 374 g/mol. The maximum absolute atomic E-state index is 10.7. The summed E-state index contributed by atoms with van der Waals surface area (Å²) in [7, 11) is 0. The number of fused-ring (bicyclic) bond motifs is 2. The number of rotatable bonds is 4. The Labute approximate surface area is 164 Å². The van der Waals surface area contributed by atoms with E-state index in [0.29, 0.717) is 5.01 Å². The first-order valence-electron chi connectivity index (χ1n) is 8.37. The third-order valence-electron chi connectivity index (χ3n) is 4.13. The topological polar surface area (TPSA) is 69.8 Å². The molecule has 2 heterocycles. The first kappa shape index (κ1) is 17.5. The molecule has 1 unspecified atom stereocenters. The minimum atomic E-state index is -0.319. The lowest BCUT2D eigenvalue weighted by Gasteiger charge is -2.11. The maximum Gasteiger partial charge on any atom is 0.138 e. The van der Waals surface area contributed by atoms with Gasteiger partial charge in [-0.2, -0.15) is 5.26 Å². The fraction of sp³-hybridized carbons (Fsp3) is 0.0952. The first-order valence-corrected chi connectivity index (χ1v) is 10.1. The van der Waals surface area contributed by atoms with E-state index in [0.717, 1.165) is 26.1 Å². The van der Waals surface area contributed by atoms with E-state index in [1.165, 1.54) is 23.1 Å². The summed E-state index contributed by atoms with van der Waals surface area (Å²) in [6.07, 6.45) is 0. The van der Waals surface area contributed by atoms with Crippen LogP contribution in [-0.2, 0) is 0 Å². The molecule has 1 atom stereocenters. The largest absolute Gasteiger partial charge is 0.510 e. The number of aromatic nitrogens is 2. The van der Waals surface area contributed by atoms with E-state index in [-0.39, 0.29) is 16.6 Å². The summed E-state index contributed by atoms with van der Waals surface area (Å²) < 4.78 is 0.990. The molecule has 27 heavy (non-hydrogen) atoms. The van der Waals surface area contributed by atoms with E-state index in [9.17, 15) is 10.4 Å². The van der Waals surface area contributed by atoms with Crippen LogP contribution in [0.4, 0.5) is 0 Å². The third kappa shape index (κ3) is 3.52. The number of nitrogens with zero attached hydrogens (tertiary/aromatic N) is 3. The molecule has 0 aliphatic rings. The smallest absolute Gasteiger partial charge is 0.138 e. The van der Waals surface area contributed by atoms with Gasteiger partial charge in [0.25, 0.3) is 0 Å². The number of thiazole rings is 1. The van der Waals surface area contributed by atoms with Gasteiger partial charge in [0.2, 0.25) is 0 Å². The summed E-state index contributed by atoms with van der Waals surface area (Å²) in [4.78, 5) is 9.11. The number of nitriles is 1. The van der Waals surface area contributed by atoms with Gasteiger partial charge in [-0.05, 0) is 31.2 Å². The molecule has 0 spiro atoms. The summed E-state index contributed by atoms with van der Waals surface area (Å²) in [5.41, 5.74) is 1.95. The Kier molecular flexibility index (Phi) is 4.80. The number of hydrogen-bond acceptors (Lipinski definition) is 6. The van der Waals surface area contributed by atoms with Gasteiger partial charge in [-0.15, -0.1) is 11.3 Å². The zero-order valence-corrected chi connectivity index (χ0v) is 16.1. The number of allylic oxidation sites excluding steroid dienone is 1. The van der Waals surface area contributed by atoms with Crippen LogP contribution in [0.2, 0.25) is 0 Å². The van der Waals surface area contributed by atoms with Gasteiger partial charge in [0.15, 0.2) is 0 Å². The second kappa shape index (κ2) is 7.39. The highest BCUT2D eigenvalue weighted by Gasteiger charge is 2.19. The molecule has 0 fully saturated rings. The van der Waals surface area contributed by atoms with Crippen LogP contribution in [-0.4, -0.2) is 20.3 Å². The lowest BCUT2D eigenvalue weighted by molar-refractivity contribution is 0.402. The molecule has 4 aromatic rings. The molecule has 0 radical (unpaired) electrons. The molecule has 0 amide bonds. The Morgan fingerprint density at radius 1 is 1.04 bits per heavy atom. The summed E-state index contributed by atoms with van der Waals surface area (Å²) in [5, 5.41) is 22.4. The van der Waals surface area contributed by atoms with Crippen molar-refractivity contribution >= 4 is 49.8 Å². The summed E-state index contributed by atoms with van der Waals surface area (Å²) >= 11 is 2.83. The summed E-state index contributed by atoms with van der Waals surface area (Å²) in [6.45, 7) is 1.86. The molecule has 2 aromatic heterocycles. The summed E-state index contributed by atoms with van der Waals surface area (Å²) in [6, 6.07) is 21.7. The first-order chi connectivity index (χ1) is 13.2. The molecule has 4 nitrogen and oxygen atoms in total. The van der Waals surface area contributed by atoms with Gasteiger partial charge in [0.1, 0.15) is 22.4 Å². The van der Waals surface area contributed by atoms with E-state index in [4.69, 9.17) is 0 Å². The lowest BCUT2D eigenvalue weighted by Crippen LogP contribution is -2.04. The van der Waals surface area contributed by atoms with Crippen LogP contribution in [0.5, 0.6) is 0 Å². The van der Waals surface area contributed by atoms with Gasteiger partial charge in [0, 0.05) is 5.39 Å². The van der Waals surface area contributed by atoms with E-state index in [2.05, 4.69) is 16.0 Å². The average molecular weight is 390 g/mol. The van der Waals surface area contributed by atoms with Crippen LogP contribution in [0.15, 0.2) is 71.4 Å². The number of hydrogen-bond donors (Lipinski definition) is 1. The Hall–Kier alpha value is -2.88. The van der Waals surface area contributed by atoms with Gasteiger partial charge >= 0.3 is 0 Å². The highest BCUT2D eigenvalue weighted by atomic mass is 32.2. The third-order valence-corrected chi connectivity index (χ3v) is 6.23. The molecule has 0 bridgehead atoms. The van der Waals surface area contributed by atoms with Crippen molar-refractivity contribution in [2.45, 2.75) is 17.2 Å². The minimum Gasteiger partial charge on any atom is -0.510 e. The average Bonchev–Trinajstić information content (AvgIpc) is 3.12. The van der Waals surface area contributed by atoms with Crippen molar-refractivity contribution in [3.05, 3.63) is 71.4 Å². The number of aliphatic hydroxyl groups excluding tert-OH is 1. The minimum absolute atomic E-state index is 0.0246. The van der Waals surface area contributed by atoms with Crippen molar-refractivity contribution in [3.63, 3.8) is 0 Å². The van der Waals surface area contributed by atoms with Gasteiger partial charge < -0.3 is 5.11 Å². The fourth-order valence-electron chi connectivity index (χ4n) is 2.75. The Morgan fingerprint density at radius 2 is 1.78 bits per heavy atom. The molecule has 1 N–H and O–H groups in total. The van der Waals surface area contributed by atoms with Crippen molar-refractivity contribution in [2.24, 2.45) is 0 Å². The maximum atomic E-state index is 10.7. The Morgan fingerprint density at radius 3 is 2.56 bits per heavy atom. The molecular formula is C21H15N3OS2. The molecule has 6 heteroatoms. The molecule has 0 saturated heterocycles. The van der Waals surface area contributed by atoms with E-state index < -0.39 is 0 Å². The van der Waals surface area contributed by atoms with Crippen molar-refractivity contribution in [1.82, 2.24) is 9.97 Å². The second-order valence-corrected chi connectivity index (χ2v) is 8.35. The molecule has 0 aliphatic carbocycles. The number of thioether (sulfide) groups is 1. The predicted octanol–water partition coefficient (Wildman–Crippen LogP) is 5.82. The molecule has 4 rings (SSSR count). The van der Waals surface area contributed by atoms with E-state index in [1.807, 2.05) is 67.6 Å². The van der Waals surface area contributed by atoms with E-state index in [1.54, 1.807) is 0 Å². The molecule has 0 aliphatic heterocycles. The van der Waals surface area contributed by atoms with Crippen LogP contribution < -0.4 is 0 Å². The van der Waals surface area contributed by atoms with Crippen LogP contribution in [0.1, 0.15) is 11.9 Å². The standard InChI is InChI=1S/C21H15N3OS2/c1-13(26-19-11-10-14-6-2-3-7-16(14)23-19)20(25)15(12-22)21-24-17-8-4-5-9-18(17)27-21/h2-11,13,25H,1H3/b20-15-. The quantitative estimate of drug-likeness (QED) is 0.271. The SMILES string of the molecule is CC(Sc1ccc2ccccc2n1)/C(O)=C(\C#N)c1nc2ccccc2s1. The number of benzene rings is 2. The van der Waals surface area contributed by atoms with Crippen LogP contribution in [0, 0.1) is 11.3 Å². The molecule has 0 saturated carbocycles. The molecule has 2 aromatic carbocycles.